The molecule has 2 rings (SSSR count). The molecule has 2 aliphatic rings. The van der Waals surface area contributed by atoms with Crippen LogP contribution in [-0.4, -0.2) is 14.9 Å². The van der Waals surface area contributed by atoms with Crippen LogP contribution in [0.3, 0.4) is 0 Å². The van der Waals surface area contributed by atoms with Crippen LogP contribution in [0, 0.1) is 11.8 Å². The third-order valence-electron chi connectivity index (χ3n) is 3.65. The summed E-state index contributed by atoms with van der Waals surface area (Å²) in [5.41, 5.74) is 0.876. The van der Waals surface area contributed by atoms with E-state index in [2.05, 4.69) is 32.2 Å². The number of rotatable bonds is 0. The summed E-state index contributed by atoms with van der Waals surface area (Å²) in [6, 6.07) is 0. The molecule has 1 unspecified atom stereocenters. The van der Waals surface area contributed by atoms with Crippen LogP contribution in [0.2, 0.25) is 18.6 Å². The zero-order valence-electron chi connectivity index (χ0n) is 8.92. The first-order valence-electron chi connectivity index (χ1n) is 5.42. The molecule has 2 heteroatoms. The van der Waals surface area contributed by atoms with Crippen LogP contribution in [0.25, 0.3) is 0 Å². The third-order valence-corrected chi connectivity index (χ3v) is 7.05. The van der Waals surface area contributed by atoms with Crippen molar-refractivity contribution in [3.8, 4) is 0 Å². The van der Waals surface area contributed by atoms with Crippen LogP contribution < -0.4 is 0 Å². The van der Waals surface area contributed by atoms with Gasteiger partial charge in [0.25, 0.3) is 0 Å². The van der Waals surface area contributed by atoms with Crippen molar-refractivity contribution in [1.29, 1.82) is 0 Å². The van der Waals surface area contributed by atoms with Gasteiger partial charge in [0.2, 0.25) is 0 Å². The van der Waals surface area contributed by atoms with Crippen LogP contribution in [0.15, 0.2) is 12.2 Å². The Morgan fingerprint density at radius 1 is 1.31 bits per heavy atom. The highest BCUT2D eigenvalue weighted by Crippen LogP contribution is 2.45. The highest BCUT2D eigenvalue weighted by atomic mass is 28.4. The maximum absolute atomic E-state index is 5.99. The molecule has 0 aromatic carbocycles. The van der Waals surface area contributed by atoms with E-state index < -0.39 is 8.32 Å². The summed E-state index contributed by atoms with van der Waals surface area (Å²) in [5.74, 6) is 1.61. The second-order valence-electron chi connectivity index (χ2n) is 5.11. The summed E-state index contributed by atoms with van der Waals surface area (Å²) >= 11 is 0. The van der Waals surface area contributed by atoms with E-state index >= 15 is 0 Å². The fourth-order valence-electron chi connectivity index (χ4n) is 2.78. The van der Waals surface area contributed by atoms with Gasteiger partial charge in [0.15, 0.2) is 8.32 Å². The molecule has 0 aromatic rings. The lowest BCUT2D eigenvalue weighted by molar-refractivity contribution is 0.214. The van der Waals surface area contributed by atoms with Gasteiger partial charge in [0.05, 0.1) is 0 Å². The van der Waals surface area contributed by atoms with Crippen molar-refractivity contribution in [3.63, 3.8) is 0 Å². The first kappa shape index (κ1) is 9.47. The van der Waals surface area contributed by atoms with E-state index in [9.17, 15) is 0 Å². The predicted molar refractivity (Wildman–Crippen MR) is 58.2 cm³/mol. The number of fused-ring (bicyclic) bond motifs is 1. The van der Waals surface area contributed by atoms with Gasteiger partial charge in [0.1, 0.15) is 0 Å². The zero-order valence-corrected chi connectivity index (χ0v) is 9.92. The molecule has 1 fully saturated rings. The molecule has 0 spiro atoms. The molecular weight excluding hydrogens is 176 g/mol. The standard InChI is InChI=1S/C11H20OSi/c1-9-4-5-10-6-7-12-13(2,3)11(10)8-9/h4-5,9-11H,6-8H2,1-3H3/t9-,10-,11?/m1/s1. The van der Waals surface area contributed by atoms with Gasteiger partial charge in [-0.25, -0.2) is 0 Å². The number of allylic oxidation sites excluding steroid dienone is 2. The fraction of sp³-hybridized carbons (Fsp3) is 0.818. The molecule has 0 bridgehead atoms. The van der Waals surface area contributed by atoms with Gasteiger partial charge < -0.3 is 4.43 Å². The lowest BCUT2D eigenvalue weighted by atomic mass is 9.87. The minimum atomic E-state index is -1.35. The minimum Gasteiger partial charge on any atom is -0.417 e. The van der Waals surface area contributed by atoms with Gasteiger partial charge in [-0.3, -0.25) is 0 Å². The third kappa shape index (κ3) is 1.74. The van der Waals surface area contributed by atoms with Crippen LogP contribution in [-0.2, 0) is 4.43 Å². The van der Waals surface area contributed by atoms with Gasteiger partial charge in [-0.2, -0.15) is 0 Å². The largest absolute Gasteiger partial charge is 0.417 e. The minimum absolute atomic E-state index is 0.773. The van der Waals surface area contributed by atoms with E-state index in [-0.39, 0.29) is 0 Å². The molecule has 1 saturated heterocycles. The lowest BCUT2D eigenvalue weighted by Gasteiger charge is -2.44. The van der Waals surface area contributed by atoms with Gasteiger partial charge >= 0.3 is 0 Å². The highest BCUT2D eigenvalue weighted by Gasteiger charge is 2.42. The van der Waals surface area contributed by atoms with Gasteiger partial charge in [-0.15, -0.1) is 0 Å². The Labute approximate surface area is 82.3 Å². The Balaban J connectivity index is 2.19. The van der Waals surface area contributed by atoms with Crippen LogP contribution in [0.5, 0.6) is 0 Å². The molecular formula is C11H20OSi. The maximum Gasteiger partial charge on any atom is 0.190 e. The zero-order chi connectivity index (χ0) is 9.47. The van der Waals surface area contributed by atoms with Crippen molar-refractivity contribution in [3.05, 3.63) is 12.2 Å². The molecule has 0 amide bonds. The molecule has 1 aliphatic carbocycles. The van der Waals surface area contributed by atoms with Crippen molar-refractivity contribution < 1.29 is 4.43 Å². The molecule has 1 heterocycles. The summed E-state index contributed by atoms with van der Waals surface area (Å²) in [6.45, 7) is 8.09. The van der Waals surface area contributed by atoms with E-state index in [1.54, 1.807) is 0 Å². The molecule has 3 atom stereocenters. The first-order chi connectivity index (χ1) is 6.09. The van der Waals surface area contributed by atoms with Crippen LogP contribution in [0.4, 0.5) is 0 Å². The number of hydrogen-bond donors (Lipinski definition) is 0. The Morgan fingerprint density at radius 2 is 2.08 bits per heavy atom. The van der Waals surface area contributed by atoms with Gasteiger partial charge in [-0.1, -0.05) is 19.1 Å². The van der Waals surface area contributed by atoms with Crippen molar-refractivity contribution in [1.82, 2.24) is 0 Å². The smallest absolute Gasteiger partial charge is 0.190 e. The monoisotopic (exact) mass is 196 g/mol. The molecule has 13 heavy (non-hydrogen) atoms. The second-order valence-corrected chi connectivity index (χ2v) is 9.35. The van der Waals surface area contributed by atoms with E-state index in [4.69, 9.17) is 4.43 Å². The second kappa shape index (κ2) is 3.25. The fourth-order valence-corrected chi connectivity index (χ4v) is 5.89. The SMILES string of the molecule is C[C@@H]1C=C[C@@H]2CCO[Si](C)(C)C2C1. The summed E-state index contributed by atoms with van der Waals surface area (Å²) in [7, 11) is -1.35. The van der Waals surface area contributed by atoms with Crippen LogP contribution in [0.1, 0.15) is 19.8 Å². The van der Waals surface area contributed by atoms with Crippen LogP contribution >= 0.6 is 0 Å². The molecule has 74 valence electrons. The van der Waals surface area contributed by atoms with E-state index in [1.165, 1.54) is 12.8 Å². The predicted octanol–water partition coefficient (Wildman–Crippen LogP) is 3.19. The molecule has 1 aliphatic heterocycles. The summed E-state index contributed by atoms with van der Waals surface area (Å²) in [4.78, 5) is 0. The average Bonchev–Trinajstić information content (AvgIpc) is 2.06. The Morgan fingerprint density at radius 3 is 2.85 bits per heavy atom. The van der Waals surface area contributed by atoms with Gasteiger partial charge in [0, 0.05) is 6.61 Å². The topological polar surface area (TPSA) is 9.23 Å². The van der Waals surface area contributed by atoms with Crippen molar-refractivity contribution >= 4 is 8.32 Å². The quantitative estimate of drug-likeness (QED) is 0.427. The van der Waals surface area contributed by atoms with E-state index in [0.29, 0.717) is 0 Å². The molecule has 0 N–H and O–H groups in total. The molecule has 0 saturated carbocycles. The highest BCUT2D eigenvalue weighted by molar-refractivity contribution is 6.73. The number of hydrogen-bond acceptors (Lipinski definition) is 1. The summed E-state index contributed by atoms with van der Waals surface area (Å²) in [6.07, 6.45) is 7.47. The van der Waals surface area contributed by atoms with Crippen molar-refractivity contribution in [2.24, 2.45) is 11.8 Å². The summed E-state index contributed by atoms with van der Waals surface area (Å²) in [5, 5.41) is 0. The van der Waals surface area contributed by atoms with Crippen molar-refractivity contribution in [2.45, 2.75) is 38.4 Å². The van der Waals surface area contributed by atoms with Gasteiger partial charge in [-0.05, 0) is 43.3 Å². The Kier molecular flexibility index (Phi) is 2.36. The molecule has 0 radical (unpaired) electrons. The lowest BCUT2D eigenvalue weighted by Crippen LogP contribution is -2.46. The van der Waals surface area contributed by atoms with Crippen molar-refractivity contribution in [2.75, 3.05) is 6.61 Å². The first-order valence-corrected chi connectivity index (χ1v) is 8.40. The average molecular weight is 196 g/mol. The maximum atomic E-state index is 5.99. The molecule has 1 nitrogen and oxygen atoms in total. The molecule has 0 aromatic heterocycles. The Hall–Kier alpha value is -0.0831. The normalized spacial score (nSPS) is 42.8. The summed E-state index contributed by atoms with van der Waals surface area (Å²) < 4.78 is 5.99. The Bertz CT molecular complexity index is 222. The van der Waals surface area contributed by atoms with E-state index in [1.807, 2.05) is 0 Å². The van der Waals surface area contributed by atoms with E-state index in [0.717, 1.165) is 24.0 Å².